The van der Waals surface area contributed by atoms with Crippen LogP contribution in [0.2, 0.25) is 5.02 Å². The normalized spacial score (nSPS) is 10.3. The number of nitrogens with zero attached hydrogens (tertiary/aromatic N) is 1. The van der Waals surface area contributed by atoms with E-state index in [9.17, 15) is 4.79 Å². The Labute approximate surface area is 136 Å². The number of carbonyl (C=O) groups excluding carboxylic acids is 1. The van der Waals surface area contributed by atoms with Gasteiger partial charge >= 0.3 is 0 Å². The van der Waals surface area contributed by atoms with Gasteiger partial charge in [-0.25, -0.2) is 0 Å². The summed E-state index contributed by atoms with van der Waals surface area (Å²) < 4.78 is 0. The largest absolute Gasteiger partial charge is 0.378 e. The van der Waals surface area contributed by atoms with E-state index >= 15 is 0 Å². The van der Waals surface area contributed by atoms with Crippen molar-refractivity contribution >= 4 is 28.9 Å². The fourth-order valence-corrected chi connectivity index (χ4v) is 2.20. The van der Waals surface area contributed by atoms with E-state index in [1.807, 2.05) is 67.5 Å². The van der Waals surface area contributed by atoms with Crippen LogP contribution in [0.1, 0.15) is 5.56 Å². The van der Waals surface area contributed by atoms with Crippen molar-refractivity contribution in [1.29, 1.82) is 0 Å². The fraction of sp³-hybridized carbons (Fsp3) is 0.235. The standard InChI is InChI=1S/C17H20ClN3O/c1-21(2)15-9-7-14(8-10-15)20-17(22)12-19-11-13-5-3-4-6-16(13)18/h3-10,19H,11-12H2,1-2H3,(H,20,22). The average molecular weight is 318 g/mol. The molecular weight excluding hydrogens is 298 g/mol. The topological polar surface area (TPSA) is 44.4 Å². The van der Waals surface area contributed by atoms with Gasteiger partial charge in [-0.2, -0.15) is 0 Å². The molecular formula is C17H20ClN3O. The van der Waals surface area contributed by atoms with E-state index in [1.54, 1.807) is 0 Å². The van der Waals surface area contributed by atoms with Crippen molar-refractivity contribution in [3.63, 3.8) is 0 Å². The van der Waals surface area contributed by atoms with Crippen LogP contribution in [0.3, 0.4) is 0 Å². The zero-order valence-corrected chi connectivity index (χ0v) is 13.5. The van der Waals surface area contributed by atoms with Crippen molar-refractivity contribution in [3.05, 3.63) is 59.1 Å². The molecule has 2 N–H and O–H groups in total. The number of carbonyl (C=O) groups is 1. The van der Waals surface area contributed by atoms with E-state index in [2.05, 4.69) is 10.6 Å². The fourth-order valence-electron chi connectivity index (χ4n) is 2.00. The highest BCUT2D eigenvalue weighted by Gasteiger charge is 2.04. The van der Waals surface area contributed by atoms with E-state index in [0.717, 1.165) is 16.9 Å². The van der Waals surface area contributed by atoms with Crippen molar-refractivity contribution in [2.75, 3.05) is 30.9 Å². The summed E-state index contributed by atoms with van der Waals surface area (Å²) >= 11 is 6.07. The number of anilines is 2. The molecule has 2 rings (SSSR count). The maximum atomic E-state index is 11.9. The second-order valence-corrected chi connectivity index (χ2v) is 5.59. The van der Waals surface area contributed by atoms with Gasteiger partial charge in [0, 0.05) is 37.0 Å². The number of amides is 1. The molecule has 0 saturated carbocycles. The smallest absolute Gasteiger partial charge is 0.238 e. The van der Waals surface area contributed by atoms with Gasteiger partial charge in [0.15, 0.2) is 0 Å². The summed E-state index contributed by atoms with van der Waals surface area (Å²) in [7, 11) is 3.96. The molecule has 0 aliphatic rings. The highest BCUT2D eigenvalue weighted by molar-refractivity contribution is 6.31. The van der Waals surface area contributed by atoms with Crippen molar-refractivity contribution < 1.29 is 4.79 Å². The molecule has 0 spiro atoms. The lowest BCUT2D eigenvalue weighted by atomic mass is 10.2. The summed E-state index contributed by atoms with van der Waals surface area (Å²) in [6.07, 6.45) is 0. The first-order valence-electron chi connectivity index (χ1n) is 7.07. The number of rotatable bonds is 6. The molecule has 2 aromatic rings. The van der Waals surface area contributed by atoms with Gasteiger partial charge in [-0.1, -0.05) is 29.8 Å². The molecule has 0 aromatic heterocycles. The van der Waals surface area contributed by atoms with Gasteiger partial charge in [-0.15, -0.1) is 0 Å². The maximum Gasteiger partial charge on any atom is 0.238 e. The molecule has 0 fully saturated rings. The third-order valence-electron chi connectivity index (χ3n) is 3.23. The van der Waals surface area contributed by atoms with Gasteiger partial charge in [-0.3, -0.25) is 4.79 Å². The van der Waals surface area contributed by atoms with Crippen LogP contribution in [0, 0.1) is 0 Å². The summed E-state index contributed by atoms with van der Waals surface area (Å²) in [4.78, 5) is 13.9. The summed E-state index contributed by atoms with van der Waals surface area (Å²) in [5, 5.41) is 6.65. The monoisotopic (exact) mass is 317 g/mol. The molecule has 0 saturated heterocycles. The SMILES string of the molecule is CN(C)c1ccc(NC(=O)CNCc2ccccc2Cl)cc1. The summed E-state index contributed by atoms with van der Waals surface area (Å²) in [6, 6.07) is 15.3. The van der Waals surface area contributed by atoms with Gasteiger partial charge in [0.1, 0.15) is 0 Å². The third-order valence-corrected chi connectivity index (χ3v) is 3.60. The first-order chi connectivity index (χ1) is 10.6. The molecule has 0 bridgehead atoms. The maximum absolute atomic E-state index is 11.9. The van der Waals surface area contributed by atoms with Gasteiger partial charge in [0.2, 0.25) is 5.91 Å². The molecule has 0 radical (unpaired) electrons. The van der Waals surface area contributed by atoms with Crippen molar-refractivity contribution in [2.24, 2.45) is 0 Å². The molecule has 0 atom stereocenters. The molecule has 5 heteroatoms. The van der Waals surface area contributed by atoms with E-state index in [4.69, 9.17) is 11.6 Å². The Morgan fingerprint density at radius 2 is 1.77 bits per heavy atom. The van der Waals surface area contributed by atoms with E-state index in [0.29, 0.717) is 11.6 Å². The van der Waals surface area contributed by atoms with Crippen LogP contribution in [-0.4, -0.2) is 26.5 Å². The lowest BCUT2D eigenvalue weighted by molar-refractivity contribution is -0.115. The second kappa shape index (κ2) is 7.82. The number of nitrogens with one attached hydrogen (secondary N) is 2. The van der Waals surface area contributed by atoms with Crippen LogP contribution in [-0.2, 0) is 11.3 Å². The Hall–Kier alpha value is -2.04. The average Bonchev–Trinajstić information content (AvgIpc) is 2.50. The third kappa shape index (κ3) is 4.76. The van der Waals surface area contributed by atoms with Gasteiger partial charge in [0.25, 0.3) is 0 Å². The van der Waals surface area contributed by atoms with E-state index in [-0.39, 0.29) is 12.5 Å². The molecule has 1 amide bonds. The Bertz CT molecular complexity index is 626. The van der Waals surface area contributed by atoms with Crippen LogP contribution in [0.4, 0.5) is 11.4 Å². The van der Waals surface area contributed by atoms with Crippen LogP contribution in [0.15, 0.2) is 48.5 Å². The Morgan fingerprint density at radius 3 is 2.41 bits per heavy atom. The first kappa shape index (κ1) is 16.3. The van der Waals surface area contributed by atoms with Crippen LogP contribution in [0.5, 0.6) is 0 Å². The van der Waals surface area contributed by atoms with Crippen LogP contribution in [0.25, 0.3) is 0 Å². The lowest BCUT2D eigenvalue weighted by Gasteiger charge is -2.13. The Morgan fingerprint density at radius 1 is 1.09 bits per heavy atom. The molecule has 0 unspecified atom stereocenters. The zero-order valence-electron chi connectivity index (χ0n) is 12.8. The molecule has 0 heterocycles. The second-order valence-electron chi connectivity index (χ2n) is 5.18. The molecule has 22 heavy (non-hydrogen) atoms. The molecule has 4 nitrogen and oxygen atoms in total. The minimum Gasteiger partial charge on any atom is -0.378 e. The van der Waals surface area contributed by atoms with Crippen molar-refractivity contribution in [2.45, 2.75) is 6.54 Å². The summed E-state index contributed by atoms with van der Waals surface area (Å²) in [5.41, 5.74) is 2.86. The highest BCUT2D eigenvalue weighted by Crippen LogP contribution is 2.16. The molecule has 0 aliphatic carbocycles. The number of benzene rings is 2. The Balaban J connectivity index is 1.79. The van der Waals surface area contributed by atoms with E-state index in [1.165, 1.54) is 0 Å². The van der Waals surface area contributed by atoms with Crippen LogP contribution < -0.4 is 15.5 Å². The van der Waals surface area contributed by atoms with Gasteiger partial charge in [0.05, 0.1) is 6.54 Å². The number of halogens is 1. The summed E-state index contributed by atoms with van der Waals surface area (Å²) in [5.74, 6) is -0.0790. The first-order valence-corrected chi connectivity index (χ1v) is 7.45. The number of hydrogen-bond acceptors (Lipinski definition) is 3. The lowest BCUT2D eigenvalue weighted by Crippen LogP contribution is -2.27. The van der Waals surface area contributed by atoms with Crippen molar-refractivity contribution in [3.8, 4) is 0 Å². The molecule has 0 aliphatic heterocycles. The zero-order chi connectivity index (χ0) is 15.9. The van der Waals surface area contributed by atoms with Gasteiger partial charge < -0.3 is 15.5 Å². The number of hydrogen-bond donors (Lipinski definition) is 2. The predicted octanol–water partition coefficient (Wildman–Crippen LogP) is 3.13. The minimum absolute atomic E-state index is 0.0790. The predicted molar refractivity (Wildman–Crippen MR) is 92.6 cm³/mol. The Kier molecular flexibility index (Phi) is 5.81. The van der Waals surface area contributed by atoms with Crippen LogP contribution >= 0.6 is 11.6 Å². The summed E-state index contributed by atoms with van der Waals surface area (Å²) in [6.45, 7) is 0.799. The highest BCUT2D eigenvalue weighted by atomic mass is 35.5. The van der Waals surface area contributed by atoms with Gasteiger partial charge in [-0.05, 0) is 35.9 Å². The quantitative estimate of drug-likeness (QED) is 0.860. The molecule has 2 aromatic carbocycles. The minimum atomic E-state index is -0.0790. The van der Waals surface area contributed by atoms with E-state index < -0.39 is 0 Å². The van der Waals surface area contributed by atoms with Crippen molar-refractivity contribution in [1.82, 2.24) is 5.32 Å². The molecule has 116 valence electrons.